The maximum atomic E-state index is 14.7. The largest absolute Gasteiger partial charge is 0.459 e. The number of pyridine rings is 1. The van der Waals surface area contributed by atoms with Gasteiger partial charge in [-0.05, 0) is 126 Å². The highest BCUT2D eigenvalue weighted by atomic mass is 16.6. The molecule has 722 valence electrons. The maximum Gasteiger partial charge on any atom is 0.407 e. The molecule has 1 aliphatic carbocycles. The number of unbranched alkanes of at least 4 members (excludes halogenated alkanes) is 1. The van der Waals surface area contributed by atoms with E-state index in [0.29, 0.717) is 175 Å². The van der Waals surface area contributed by atoms with Crippen LogP contribution in [0.25, 0.3) is 33.3 Å². The summed E-state index contributed by atoms with van der Waals surface area (Å²) in [6.07, 6.45) is 19.5. The summed E-state index contributed by atoms with van der Waals surface area (Å²) in [5.41, 5.74) is 18.3. The monoisotopic (exact) mass is 1840 g/mol. The van der Waals surface area contributed by atoms with Gasteiger partial charge in [0.15, 0.2) is 11.4 Å². The Kier molecular flexibility index (Phi) is 37.0. The second-order valence-electron chi connectivity index (χ2n) is 35.9. The van der Waals surface area contributed by atoms with Crippen LogP contribution < -0.4 is 37.2 Å². The number of alkyl carbamates (subject to hydrolysis) is 1. The molecule has 5 fully saturated rings. The number of allylic oxidation sites excluding steroid dienone is 6. The number of ether oxygens (including phenoxy) is 7. The lowest BCUT2D eigenvalue weighted by molar-refractivity contribution is -0.265. The minimum absolute atomic E-state index is 0.0136. The molecule has 0 aromatic carbocycles. The SMILES string of the molecule is CO[C@H]1C[C@@H]2CC[C@@H](C)[C@@](O)(O2)C(=O)C(=O)N2CCCC[C@H]2C(=O)O[C@H]([C@H](N)C[C@@H]2CC[C@@H](OC(=O)NCCOCCC(=O)NCc3cnc(N4CCN(C(=O)CCOCCN5CCN(c6ncc(C(=O)NCCCCn7nc(-c8cnc9[nH]ccc9c8)c8c(N)ncnc87)cn6)CC5)CC4)nc3)[C@H](OC)C2)CC(=O)[C@H](C)/C=C(\C)[C@@H](O)[C@@H](O)C(=O)[C@H](C)C[C@H](C)/C=C/C=CC=C1C. The number of piperazine rings is 2. The molecule has 4 saturated heterocycles. The Bertz CT molecular complexity index is 5050. The van der Waals surface area contributed by atoms with Gasteiger partial charge in [0.05, 0.1) is 62.1 Å². The van der Waals surface area contributed by atoms with Crippen LogP contribution in [0.5, 0.6) is 0 Å². The number of aromatic amines is 1. The molecule has 6 aromatic rings. The van der Waals surface area contributed by atoms with Crippen molar-refractivity contribution in [2.45, 2.75) is 218 Å². The molecule has 0 spiro atoms. The number of amides is 5. The van der Waals surface area contributed by atoms with Crippen LogP contribution in [0.4, 0.5) is 22.5 Å². The highest BCUT2D eigenvalue weighted by Gasteiger charge is 2.53. The number of hydrogen-bond donors (Lipinski definition) is 9. The van der Waals surface area contributed by atoms with Gasteiger partial charge in [0.1, 0.15) is 59.7 Å². The summed E-state index contributed by atoms with van der Waals surface area (Å²) in [5.74, 6) is -8.52. The second kappa shape index (κ2) is 48.8. The van der Waals surface area contributed by atoms with Gasteiger partial charge in [-0.25, -0.2) is 49.2 Å². The molecule has 6 aromatic heterocycles. The molecule has 12 rings (SSSR count). The van der Waals surface area contributed by atoms with Gasteiger partial charge in [-0.3, -0.25) is 38.5 Å². The number of nitrogens with zero attached hydrogens (tertiary/aromatic N) is 14. The number of aliphatic hydroxyl groups excluding tert-OH is 2. The van der Waals surface area contributed by atoms with E-state index in [1.165, 1.54) is 26.4 Å². The molecule has 39 nitrogen and oxygen atoms in total. The highest BCUT2D eigenvalue weighted by Crippen LogP contribution is 2.39. The Hall–Kier alpha value is -11.0. The number of aliphatic hydroxyl groups is 3. The van der Waals surface area contributed by atoms with Gasteiger partial charge in [-0.15, -0.1) is 0 Å². The molecule has 11 N–H and O–H groups in total. The molecule has 15 atom stereocenters. The maximum absolute atomic E-state index is 14.7. The number of nitrogen functional groups attached to an aromatic ring is 1. The number of carbonyl (C=O) groups is 9. The number of carbonyl (C=O) groups excluding carboxylic acids is 9. The first-order valence-corrected chi connectivity index (χ1v) is 46.6. The molecule has 6 aliphatic rings. The summed E-state index contributed by atoms with van der Waals surface area (Å²) < 4.78 is 43.4. The molecule has 11 heterocycles. The van der Waals surface area contributed by atoms with Crippen molar-refractivity contribution in [3.63, 3.8) is 0 Å². The summed E-state index contributed by atoms with van der Waals surface area (Å²) >= 11 is 0. The lowest BCUT2D eigenvalue weighted by Crippen LogP contribution is -2.61. The second-order valence-corrected chi connectivity index (χ2v) is 35.9. The first-order valence-electron chi connectivity index (χ1n) is 46.6. The molecular formula is C94H132N20O19. The topological polar surface area (TPSA) is 507 Å². The van der Waals surface area contributed by atoms with E-state index in [-0.39, 0.29) is 100 Å². The van der Waals surface area contributed by atoms with Crippen molar-refractivity contribution in [2.75, 3.05) is 135 Å². The van der Waals surface area contributed by atoms with Crippen LogP contribution in [0.1, 0.15) is 160 Å². The Morgan fingerprint density at radius 3 is 2.19 bits per heavy atom. The van der Waals surface area contributed by atoms with Crippen molar-refractivity contribution in [1.82, 2.24) is 80.3 Å². The molecule has 0 unspecified atom stereocenters. The third-order valence-corrected chi connectivity index (χ3v) is 26.2. The molecule has 5 amide bonds. The number of H-pyrrole nitrogens is 1. The fourth-order valence-electron chi connectivity index (χ4n) is 18.0. The van der Waals surface area contributed by atoms with Crippen LogP contribution in [0, 0.1) is 29.6 Å². The van der Waals surface area contributed by atoms with Crippen molar-refractivity contribution < 1.29 is 91.6 Å². The number of esters is 1. The van der Waals surface area contributed by atoms with E-state index in [4.69, 9.17) is 49.7 Å². The van der Waals surface area contributed by atoms with Crippen LogP contribution in [0.15, 0.2) is 103 Å². The van der Waals surface area contributed by atoms with Crippen molar-refractivity contribution >= 4 is 92.8 Å². The van der Waals surface area contributed by atoms with Crippen molar-refractivity contribution in [1.29, 1.82) is 0 Å². The number of aryl methyl sites for hydroxylation is 1. The number of ketones is 3. The molecular weight excluding hydrogens is 1710 g/mol. The zero-order valence-electron chi connectivity index (χ0n) is 77.6. The first-order chi connectivity index (χ1) is 64.1. The molecule has 1 saturated carbocycles. The number of nitrogens with one attached hydrogen (secondary N) is 4. The van der Waals surface area contributed by atoms with E-state index >= 15 is 0 Å². The van der Waals surface area contributed by atoms with E-state index in [2.05, 4.69) is 65.6 Å². The van der Waals surface area contributed by atoms with E-state index < -0.39 is 120 Å². The summed E-state index contributed by atoms with van der Waals surface area (Å²) in [6, 6.07) is 1.67. The lowest BCUT2D eigenvalue weighted by atomic mass is 9.80. The van der Waals surface area contributed by atoms with Crippen molar-refractivity contribution in [3.05, 3.63) is 114 Å². The normalized spacial score (nSPS) is 26.6. The summed E-state index contributed by atoms with van der Waals surface area (Å²) in [6.45, 7) is 18.2. The van der Waals surface area contributed by atoms with Crippen LogP contribution in [0.2, 0.25) is 0 Å². The number of piperidine rings is 1. The van der Waals surface area contributed by atoms with E-state index in [9.17, 15) is 58.5 Å². The Morgan fingerprint density at radius 1 is 0.714 bits per heavy atom. The van der Waals surface area contributed by atoms with Crippen LogP contribution >= 0.6 is 0 Å². The fraction of sp³-hybridized carbons (Fsp3) is 0.606. The van der Waals surface area contributed by atoms with Gasteiger partial charge in [0.25, 0.3) is 17.6 Å². The van der Waals surface area contributed by atoms with Crippen LogP contribution in [0.3, 0.4) is 0 Å². The number of fused-ring (bicyclic) bond motifs is 5. The smallest absolute Gasteiger partial charge is 0.407 e. The van der Waals surface area contributed by atoms with Gasteiger partial charge >= 0.3 is 12.1 Å². The number of cyclic esters (lactones) is 1. The molecule has 0 radical (unpaired) electrons. The molecule has 5 aliphatic heterocycles. The number of Topliss-reactive ketones (excluding diaryl/α,β-unsaturated/α-hetero) is 3. The van der Waals surface area contributed by atoms with Gasteiger partial charge < -0.3 is 100 Å². The average molecular weight is 1850 g/mol. The summed E-state index contributed by atoms with van der Waals surface area (Å²) in [5, 5.41) is 49.7. The third-order valence-electron chi connectivity index (χ3n) is 26.2. The lowest BCUT2D eigenvalue weighted by Gasteiger charge is -2.42. The predicted octanol–water partition coefficient (Wildman–Crippen LogP) is 5.61. The number of nitrogens with two attached hydrogens (primary N) is 2. The number of methoxy groups -OCH3 is 2. The number of anilines is 3. The summed E-state index contributed by atoms with van der Waals surface area (Å²) in [7, 11) is 3.04. The van der Waals surface area contributed by atoms with Gasteiger partial charge in [0.2, 0.25) is 29.5 Å². The van der Waals surface area contributed by atoms with Gasteiger partial charge in [-0.2, -0.15) is 5.10 Å². The zero-order valence-corrected chi connectivity index (χ0v) is 77.6. The Morgan fingerprint density at radius 2 is 1.44 bits per heavy atom. The van der Waals surface area contributed by atoms with E-state index in [1.807, 2.05) is 77.0 Å². The van der Waals surface area contributed by atoms with Crippen molar-refractivity contribution in [2.24, 2.45) is 35.3 Å². The molecule has 2 bridgehead atoms. The minimum atomic E-state index is -2.52. The number of rotatable bonds is 29. The predicted molar refractivity (Wildman–Crippen MR) is 492 cm³/mol. The van der Waals surface area contributed by atoms with Crippen molar-refractivity contribution in [3.8, 4) is 11.3 Å². The Labute approximate surface area is 774 Å². The van der Waals surface area contributed by atoms with Gasteiger partial charge in [0, 0.05) is 203 Å². The molecule has 39 heteroatoms. The van der Waals surface area contributed by atoms with E-state index in [1.54, 1.807) is 58.9 Å². The fourth-order valence-corrected chi connectivity index (χ4v) is 18.0. The Balaban J connectivity index is 0.513. The first kappa shape index (κ1) is 101. The van der Waals surface area contributed by atoms with E-state index in [0.717, 1.165) is 46.6 Å². The minimum Gasteiger partial charge on any atom is -0.459 e. The quantitative estimate of drug-likeness (QED) is 0.0119. The zero-order chi connectivity index (χ0) is 94.8. The standard InChI is InChI=1S/C94H132N20O19/c1-58-16-10-9-11-17-59(2)74(127-7)49-69-21-19-63(6)94(126,133-69)84(121)89(123)113-29-14-12-18-71(113)90(124)131-75(50-72(115)60(3)45-62(5)82(119)83(120)81(118)61(4)44-58)70(95)46-64-20-22-73(76(47-64)128-8)132-93(125)99-28-42-129-40-24-77(116)100-51-65-52-102-91(103-53-65)112-37-35-110(36-38-112)78(117)25-41-130-43-39-109-31-33-111(34-32-109)92-104-55-68(56-105-92)88(122)98-26-13-15-30-114-87-79(85(96)106-57-107-87)80(108-114)67-48-66-23-27-97-86(66)101-54-67/h9-11,16-17,23,27,45,48,52-58,60-61,63-64,69-71,73-76,82-83,119-120,126H,12-15,18-22,24-26,28-44,46-47,49-51,95H2,1-8H3,(H,97,101)(H,98,122)(H,99,125)(H,100,116)(H2,96,106,107)/b11-9?,16-10+,59-17?,62-45+/t58-,60-,61-,63-,64+,69+,70-,71+,73-,74+,75+,76-,82-,83+,94-/m1/s1. The van der Waals surface area contributed by atoms with Crippen LogP contribution in [-0.2, 0) is 79.8 Å². The van der Waals surface area contributed by atoms with Crippen LogP contribution in [-0.4, -0.2) is 312 Å². The average Bonchev–Trinajstić information content (AvgIpc) is 1.74. The molecule has 133 heavy (non-hydrogen) atoms. The van der Waals surface area contributed by atoms with Gasteiger partial charge in [-0.1, -0.05) is 64.2 Å². The number of hydrogen-bond acceptors (Lipinski definition) is 32. The number of aromatic nitrogens is 10. The highest BCUT2D eigenvalue weighted by molar-refractivity contribution is 6.39. The summed E-state index contributed by atoms with van der Waals surface area (Å²) in [4.78, 5) is 168. The third kappa shape index (κ3) is 27.4.